The van der Waals surface area contributed by atoms with Crippen LogP contribution in [0.25, 0.3) is 11.0 Å². The van der Waals surface area contributed by atoms with Crippen LogP contribution in [0.5, 0.6) is 0 Å². The first-order valence-corrected chi connectivity index (χ1v) is 6.16. The van der Waals surface area contributed by atoms with Gasteiger partial charge in [-0.05, 0) is 24.1 Å². The predicted octanol–water partition coefficient (Wildman–Crippen LogP) is 2.58. The maximum atomic E-state index is 11.8. The quantitative estimate of drug-likeness (QED) is 0.632. The van der Waals surface area contributed by atoms with Crippen molar-refractivity contribution in [1.29, 1.82) is 0 Å². The third-order valence-corrected chi connectivity index (χ3v) is 2.42. The molecule has 0 spiro atoms. The Labute approximate surface area is 115 Å². The summed E-state index contributed by atoms with van der Waals surface area (Å²) in [5, 5.41) is 0. The molecule has 2 aromatic rings. The summed E-state index contributed by atoms with van der Waals surface area (Å²) in [4.78, 5) is 31.2. The summed E-state index contributed by atoms with van der Waals surface area (Å²) in [7, 11) is 0. The first-order chi connectivity index (χ1) is 9.56. The van der Waals surface area contributed by atoms with E-state index in [-0.39, 0.29) is 18.1 Å². The second-order valence-corrected chi connectivity index (χ2v) is 4.60. The van der Waals surface area contributed by atoms with Gasteiger partial charge in [-0.1, -0.05) is 13.8 Å². The van der Waals surface area contributed by atoms with Gasteiger partial charge < -0.3 is 9.47 Å². The molecular weight excluding hydrogens is 260 g/mol. The van der Waals surface area contributed by atoms with Gasteiger partial charge in [0.15, 0.2) is 0 Å². The van der Waals surface area contributed by atoms with E-state index < -0.39 is 12.1 Å². The fourth-order valence-electron chi connectivity index (χ4n) is 1.49. The van der Waals surface area contributed by atoms with Crippen molar-refractivity contribution in [2.45, 2.75) is 13.8 Å². The molecule has 1 heterocycles. The van der Waals surface area contributed by atoms with Gasteiger partial charge in [0, 0.05) is 12.4 Å². The first kappa shape index (κ1) is 13.9. The van der Waals surface area contributed by atoms with Gasteiger partial charge in [-0.3, -0.25) is 9.97 Å². The van der Waals surface area contributed by atoms with Gasteiger partial charge in [-0.15, -0.1) is 0 Å². The number of benzene rings is 1. The Morgan fingerprint density at radius 3 is 2.55 bits per heavy atom. The number of esters is 1. The maximum Gasteiger partial charge on any atom is 0.516 e. The number of hydrogen-bond acceptors (Lipinski definition) is 6. The van der Waals surface area contributed by atoms with Gasteiger partial charge in [-0.25, -0.2) is 9.59 Å². The summed E-state index contributed by atoms with van der Waals surface area (Å²) in [5.74, 6) is -0.597. The summed E-state index contributed by atoms with van der Waals surface area (Å²) in [6.45, 7) is 3.98. The van der Waals surface area contributed by atoms with Crippen LogP contribution in [0.3, 0.4) is 0 Å². The summed E-state index contributed by atoms with van der Waals surface area (Å²) < 4.78 is 9.36. The molecule has 1 aromatic carbocycles. The number of nitrogens with zero attached hydrogens (tertiary/aromatic N) is 2. The molecule has 0 N–H and O–H groups in total. The fraction of sp³-hybridized carbons (Fsp3) is 0.286. The summed E-state index contributed by atoms with van der Waals surface area (Å²) in [6.07, 6.45) is 2.08. The Bertz CT molecular complexity index is 640. The van der Waals surface area contributed by atoms with E-state index in [1.165, 1.54) is 18.3 Å². The average Bonchev–Trinajstić information content (AvgIpc) is 2.44. The molecule has 0 aliphatic carbocycles. The third kappa shape index (κ3) is 3.50. The Morgan fingerprint density at radius 2 is 1.85 bits per heavy atom. The lowest BCUT2D eigenvalue weighted by molar-refractivity contribution is 0.0351. The largest absolute Gasteiger partial charge is 0.516 e. The lowest BCUT2D eigenvalue weighted by Crippen LogP contribution is -2.16. The molecule has 0 amide bonds. The predicted molar refractivity (Wildman–Crippen MR) is 71.1 cm³/mol. The minimum Gasteiger partial charge on any atom is -0.434 e. The van der Waals surface area contributed by atoms with Gasteiger partial charge >= 0.3 is 12.1 Å². The van der Waals surface area contributed by atoms with Gasteiger partial charge in [0.2, 0.25) is 0 Å². The Morgan fingerprint density at radius 1 is 1.15 bits per heavy atom. The number of carbonyl (C=O) groups excluding carboxylic acids is 2. The molecule has 0 aliphatic heterocycles. The van der Waals surface area contributed by atoms with Crippen LogP contribution in [0, 0.1) is 5.92 Å². The molecule has 0 saturated carbocycles. The van der Waals surface area contributed by atoms with E-state index in [1.54, 1.807) is 12.3 Å². The van der Waals surface area contributed by atoms with E-state index in [4.69, 9.17) is 4.74 Å². The van der Waals surface area contributed by atoms with Crippen molar-refractivity contribution in [3.8, 4) is 0 Å². The Kier molecular flexibility index (Phi) is 4.24. The molecule has 0 bridgehead atoms. The van der Waals surface area contributed by atoms with Crippen LogP contribution in [0.1, 0.15) is 24.2 Å². The van der Waals surface area contributed by atoms with E-state index in [9.17, 15) is 9.59 Å². The number of fused-ring (bicyclic) bond motifs is 1. The minimum absolute atomic E-state index is 0.175. The summed E-state index contributed by atoms with van der Waals surface area (Å²) >= 11 is 0. The summed E-state index contributed by atoms with van der Waals surface area (Å²) in [5.41, 5.74) is 1.43. The van der Waals surface area contributed by atoms with Crippen LogP contribution >= 0.6 is 0 Å². The molecule has 0 atom stereocenters. The molecule has 20 heavy (non-hydrogen) atoms. The highest BCUT2D eigenvalue weighted by atomic mass is 16.7. The molecule has 2 rings (SSSR count). The highest BCUT2D eigenvalue weighted by Crippen LogP contribution is 2.12. The van der Waals surface area contributed by atoms with Crippen LogP contribution < -0.4 is 0 Å². The molecule has 6 nitrogen and oxygen atoms in total. The smallest absolute Gasteiger partial charge is 0.434 e. The normalized spacial score (nSPS) is 10.6. The molecule has 104 valence electrons. The van der Waals surface area contributed by atoms with Crippen molar-refractivity contribution < 1.29 is 19.1 Å². The molecule has 0 fully saturated rings. The van der Waals surface area contributed by atoms with Gasteiger partial charge in [-0.2, -0.15) is 0 Å². The zero-order valence-electron chi connectivity index (χ0n) is 11.2. The lowest BCUT2D eigenvalue weighted by atomic mass is 10.2. The van der Waals surface area contributed by atoms with Crippen molar-refractivity contribution in [3.63, 3.8) is 0 Å². The molecule has 6 heteroatoms. The fourth-order valence-corrected chi connectivity index (χ4v) is 1.49. The van der Waals surface area contributed by atoms with Gasteiger partial charge in [0.05, 0.1) is 23.2 Å². The number of aromatic nitrogens is 2. The van der Waals surface area contributed by atoms with Gasteiger partial charge in [0.25, 0.3) is 0 Å². The lowest BCUT2D eigenvalue weighted by Gasteiger charge is -2.07. The van der Waals surface area contributed by atoms with E-state index in [1.807, 2.05) is 13.8 Å². The molecular formula is C14H14N2O4. The molecule has 0 aliphatic rings. The van der Waals surface area contributed by atoms with E-state index in [0.29, 0.717) is 11.0 Å². The molecule has 1 aromatic heterocycles. The van der Waals surface area contributed by atoms with Crippen molar-refractivity contribution in [2.24, 2.45) is 5.92 Å². The number of ether oxygens (including phenoxy) is 2. The van der Waals surface area contributed by atoms with E-state index in [2.05, 4.69) is 14.7 Å². The van der Waals surface area contributed by atoms with Crippen molar-refractivity contribution >= 4 is 23.2 Å². The average molecular weight is 274 g/mol. The third-order valence-electron chi connectivity index (χ3n) is 2.42. The zero-order chi connectivity index (χ0) is 14.5. The van der Waals surface area contributed by atoms with Crippen molar-refractivity contribution in [2.75, 3.05) is 6.61 Å². The molecule has 0 unspecified atom stereocenters. The van der Waals surface area contributed by atoms with Crippen LogP contribution in [0.15, 0.2) is 30.6 Å². The van der Waals surface area contributed by atoms with Crippen LogP contribution in [0.4, 0.5) is 4.79 Å². The number of rotatable bonds is 3. The first-order valence-electron chi connectivity index (χ1n) is 6.16. The number of carbonyl (C=O) groups is 2. The summed E-state index contributed by atoms with van der Waals surface area (Å²) in [6, 6.07) is 4.67. The highest BCUT2D eigenvalue weighted by molar-refractivity contribution is 5.97. The Balaban J connectivity index is 2.05. The second kappa shape index (κ2) is 6.10. The monoisotopic (exact) mass is 274 g/mol. The highest BCUT2D eigenvalue weighted by Gasteiger charge is 2.15. The van der Waals surface area contributed by atoms with E-state index in [0.717, 1.165) is 0 Å². The minimum atomic E-state index is -0.997. The van der Waals surface area contributed by atoms with Crippen LogP contribution in [-0.2, 0) is 9.47 Å². The standard InChI is InChI=1S/C14H14N2O4/c1-9(2)8-19-14(18)20-13(17)10-3-4-11-12(7-10)16-6-5-15-11/h3-7,9H,8H2,1-2H3. The van der Waals surface area contributed by atoms with Gasteiger partial charge in [0.1, 0.15) is 0 Å². The zero-order valence-corrected chi connectivity index (χ0v) is 11.2. The van der Waals surface area contributed by atoms with Crippen molar-refractivity contribution in [3.05, 3.63) is 36.2 Å². The topological polar surface area (TPSA) is 78.4 Å². The van der Waals surface area contributed by atoms with Crippen molar-refractivity contribution in [1.82, 2.24) is 9.97 Å². The molecule has 0 radical (unpaired) electrons. The molecule has 0 saturated heterocycles. The van der Waals surface area contributed by atoms with Crippen LogP contribution in [0.2, 0.25) is 0 Å². The SMILES string of the molecule is CC(C)COC(=O)OC(=O)c1ccc2nccnc2c1. The second-order valence-electron chi connectivity index (χ2n) is 4.60. The van der Waals surface area contributed by atoms with Crippen LogP contribution in [-0.4, -0.2) is 28.7 Å². The maximum absolute atomic E-state index is 11.8. The Hall–Kier alpha value is -2.50. The number of hydrogen-bond donors (Lipinski definition) is 0. The van der Waals surface area contributed by atoms with E-state index >= 15 is 0 Å².